The number of nitrogens with zero attached hydrogens (tertiary/aromatic N) is 3. The summed E-state index contributed by atoms with van der Waals surface area (Å²) in [6.07, 6.45) is 7.76. The molecule has 1 fully saturated rings. The fourth-order valence-corrected chi connectivity index (χ4v) is 4.62. The van der Waals surface area contributed by atoms with Crippen molar-refractivity contribution in [1.29, 1.82) is 0 Å². The van der Waals surface area contributed by atoms with Crippen molar-refractivity contribution in [3.63, 3.8) is 0 Å². The lowest BCUT2D eigenvalue weighted by Crippen LogP contribution is -2.20. The molecule has 0 bridgehead atoms. The van der Waals surface area contributed by atoms with Crippen molar-refractivity contribution in [2.75, 3.05) is 26.8 Å². The van der Waals surface area contributed by atoms with Gasteiger partial charge in [0.25, 0.3) is 0 Å². The Hall–Kier alpha value is -2.21. The molecule has 1 saturated heterocycles. The molecule has 128 valence electrons. The zero-order chi connectivity index (χ0) is 17.4. The molecule has 4 nitrogen and oxygen atoms in total. The van der Waals surface area contributed by atoms with Crippen LogP contribution in [0.15, 0.2) is 43.9 Å². The topological polar surface area (TPSA) is 31.4 Å². The second-order valence-electron chi connectivity index (χ2n) is 6.43. The van der Waals surface area contributed by atoms with E-state index in [1.807, 2.05) is 29.8 Å². The zero-order valence-corrected chi connectivity index (χ0v) is 15.3. The molecule has 4 heterocycles. The van der Waals surface area contributed by atoms with E-state index in [9.17, 15) is 0 Å². The van der Waals surface area contributed by atoms with Gasteiger partial charge in [0.1, 0.15) is 0 Å². The smallest absolute Gasteiger partial charge is 0.0485 e. The highest BCUT2D eigenvalue weighted by Crippen LogP contribution is 2.42. The minimum Gasteiger partial charge on any atom is -0.350 e. The number of rotatable bonds is 4. The molecular formula is C20H22N4S. The zero-order valence-electron chi connectivity index (χ0n) is 14.5. The van der Waals surface area contributed by atoms with E-state index in [1.165, 1.54) is 26.5 Å². The molecule has 5 heteroatoms. The second-order valence-corrected chi connectivity index (χ2v) is 7.57. The first-order chi connectivity index (χ1) is 12.2. The number of fused-ring (bicyclic) bond motifs is 1. The van der Waals surface area contributed by atoms with Gasteiger partial charge < -0.3 is 10.2 Å². The normalized spacial score (nSPS) is 17.6. The highest BCUT2D eigenvalue weighted by molar-refractivity contribution is 7.13. The first-order valence-corrected chi connectivity index (χ1v) is 9.26. The molecule has 0 saturated carbocycles. The van der Waals surface area contributed by atoms with Crippen molar-refractivity contribution in [3.8, 4) is 0 Å². The summed E-state index contributed by atoms with van der Waals surface area (Å²) in [4.78, 5) is 11.5. The Labute approximate surface area is 152 Å². The van der Waals surface area contributed by atoms with Crippen LogP contribution < -0.4 is 5.32 Å². The molecule has 0 aliphatic carbocycles. The van der Waals surface area contributed by atoms with Gasteiger partial charge in [0, 0.05) is 84.1 Å². The molecule has 0 aromatic carbocycles. The Morgan fingerprint density at radius 2 is 2.28 bits per heavy atom. The van der Waals surface area contributed by atoms with Gasteiger partial charge in [-0.2, -0.15) is 0 Å². The maximum Gasteiger partial charge on any atom is 0.0485 e. The second kappa shape index (κ2) is 6.59. The van der Waals surface area contributed by atoms with Gasteiger partial charge >= 0.3 is 0 Å². The Morgan fingerprint density at radius 1 is 1.40 bits per heavy atom. The number of thiophene rings is 1. The number of hydrogen-bond acceptors (Lipinski definition) is 5. The fourth-order valence-electron chi connectivity index (χ4n) is 3.37. The number of hydrogen-bond donors (Lipinski definition) is 1. The number of pyridine rings is 1. The van der Waals surface area contributed by atoms with Gasteiger partial charge in [-0.1, -0.05) is 19.2 Å². The van der Waals surface area contributed by atoms with Crippen molar-refractivity contribution >= 4 is 28.7 Å². The van der Waals surface area contributed by atoms with Gasteiger partial charge in [0.05, 0.1) is 0 Å². The Bertz CT molecular complexity index is 858. The summed E-state index contributed by atoms with van der Waals surface area (Å²) in [6, 6.07) is 4.37. The van der Waals surface area contributed by atoms with E-state index >= 15 is 0 Å². The highest BCUT2D eigenvalue weighted by atomic mass is 32.1. The summed E-state index contributed by atoms with van der Waals surface area (Å²) < 4.78 is 0. The lowest BCUT2D eigenvalue weighted by molar-refractivity contribution is 0.330. The van der Waals surface area contributed by atoms with E-state index in [0.717, 1.165) is 37.6 Å². The van der Waals surface area contributed by atoms with Gasteiger partial charge in [-0.05, 0) is 17.7 Å². The molecule has 2 aliphatic heterocycles. The molecule has 0 unspecified atom stereocenters. The monoisotopic (exact) mass is 350 g/mol. The van der Waals surface area contributed by atoms with Crippen LogP contribution in [0.25, 0.3) is 17.3 Å². The minimum atomic E-state index is 0.969. The van der Waals surface area contributed by atoms with Gasteiger partial charge in [-0.3, -0.25) is 9.88 Å². The molecule has 2 aliphatic rings. The SMILES string of the molecule is C=Cc1cnccc1C1=CN(C)C(=C)c2cc(CN3CCNC3)sc21. The van der Waals surface area contributed by atoms with Gasteiger partial charge in [-0.25, -0.2) is 0 Å². The third-order valence-corrected chi connectivity index (χ3v) is 5.92. The molecule has 1 N–H and O–H groups in total. The van der Waals surface area contributed by atoms with E-state index in [2.05, 4.69) is 58.6 Å². The lowest BCUT2D eigenvalue weighted by atomic mass is 9.95. The molecule has 4 rings (SSSR count). The average Bonchev–Trinajstić information content (AvgIpc) is 3.28. The Balaban J connectivity index is 1.77. The molecule has 2 aromatic heterocycles. The third kappa shape index (κ3) is 2.95. The van der Waals surface area contributed by atoms with E-state index in [1.54, 1.807) is 0 Å². The van der Waals surface area contributed by atoms with Gasteiger partial charge in [0.15, 0.2) is 0 Å². The van der Waals surface area contributed by atoms with E-state index in [4.69, 9.17) is 0 Å². The summed E-state index contributed by atoms with van der Waals surface area (Å²) >= 11 is 1.87. The Morgan fingerprint density at radius 3 is 3.04 bits per heavy atom. The van der Waals surface area contributed by atoms with Crippen LogP contribution in [0.3, 0.4) is 0 Å². The summed E-state index contributed by atoms with van der Waals surface area (Å²) in [5, 5.41) is 3.40. The number of nitrogens with one attached hydrogen (secondary N) is 1. The molecule has 25 heavy (non-hydrogen) atoms. The predicted molar refractivity (Wildman–Crippen MR) is 106 cm³/mol. The van der Waals surface area contributed by atoms with Crippen molar-refractivity contribution < 1.29 is 0 Å². The van der Waals surface area contributed by atoms with Crippen LogP contribution in [-0.4, -0.2) is 41.6 Å². The van der Waals surface area contributed by atoms with Crippen LogP contribution >= 0.6 is 11.3 Å². The van der Waals surface area contributed by atoms with Gasteiger partial charge in [-0.15, -0.1) is 11.3 Å². The predicted octanol–water partition coefficient (Wildman–Crippen LogP) is 3.45. The molecule has 0 atom stereocenters. The standard InChI is InChI=1S/C20H22N4S/c1-4-15-10-21-6-5-17(15)19-12-23(3)14(2)18-9-16(25-20(18)19)11-24-8-7-22-13-24/h4-6,9-10,12,22H,1-2,7-8,11,13H2,3H3. The van der Waals surface area contributed by atoms with Crippen LogP contribution in [-0.2, 0) is 6.54 Å². The van der Waals surface area contributed by atoms with Crippen LogP contribution in [0.5, 0.6) is 0 Å². The molecule has 0 radical (unpaired) electrons. The molecule has 0 amide bonds. The quantitative estimate of drug-likeness (QED) is 0.915. The third-order valence-electron chi connectivity index (χ3n) is 4.77. The van der Waals surface area contributed by atoms with Crippen LogP contribution in [0, 0.1) is 0 Å². The van der Waals surface area contributed by atoms with Crippen LogP contribution in [0.4, 0.5) is 0 Å². The van der Waals surface area contributed by atoms with Gasteiger partial charge in [0.2, 0.25) is 0 Å². The largest absolute Gasteiger partial charge is 0.350 e. The summed E-state index contributed by atoms with van der Waals surface area (Å²) in [7, 11) is 2.06. The maximum absolute atomic E-state index is 4.28. The molecule has 2 aromatic rings. The summed E-state index contributed by atoms with van der Waals surface area (Å²) in [5.74, 6) is 0. The van der Waals surface area contributed by atoms with Crippen LogP contribution in [0.2, 0.25) is 0 Å². The Kier molecular flexibility index (Phi) is 4.29. The van der Waals surface area contributed by atoms with E-state index in [-0.39, 0.29) is 0 Å². The lowest BCUT2D eigenvalue weighted by Gasteiger charge is -2.26. The first-order valence-electron chi connectivity index (χ1n) is 8.44. The molecular weight excluding hydrogens is 328 g/mol. The first kappa shape index (κ1) is 16.3. The van der Waals surface area contributed by atoms with Crippen molar-refractivity contribution in [2.24, 2.45) is 0 Å². The van der Waals surface area contributed by atoms with E-state index < -0.39 is 0 Å². The van der Waals surface area contributed by atoms with Crippen LogP contribution in [0.1, 0.15) is 26.4 Å². The number of aromatic nitrogens is 1. The summed E-state index contributed by atoms with van der Waals surface area (Å²) in [5.41, 5.74) is 5.73. The van der Waals surface area contributed by atoms with E-state index in [0.29, 0.717) is 0 Å². The fraction of sp³-hybridized carbons (Fsp3) is 0.250. The molecule has 0 spiro atoms. The summed E-state index contributed by atoms with van der Waals surface area (Å²) in [6.45, 7) is 12.4. The maximum atomic E-state index is 4.28. The van der Waals surface area contributed by atoms with Crippen molar-refractivity contribution in [2.45, 2.75) is 6.54 Å². The van der Waals surface area contributed by atoms with Crippen molar-refractivity contribution in [3.05, 3.63) is 70.3 Å². The minimum absolute atomic E-state index is 0.969. The average molecular weight is 350 g/mol. The highest BCUT2D eigenvalue weighted by Gasteiger charge is 2.25. The van der Waals surface area contributed by atoms with Crippen molar-refractivity contribution in [1.82, 2.24) is 20.1 Å².